The number of rotatable bonds is 0. The van der Waals surface area contributed by atoms with Crippen LogP contribution in [-0.4, -0.2) is 17.2 Å². The molecule has 0 unspecified atom stereocenters. The van der Waals surface area contributed by atoms with Crippen LogP contribution in [0, 0.1) is 0 Å². The van der Waals surface area contributed by atoms with Gasteiger partial charge >= 0.3 is 0 Å². The number of carbonyl (C=O) groups is 1. The summed E-state index contributed by atoms with van der Waals surface area (Å²) in [6.45, 7) is 0.382. The summed E-state index contributed by atoms with van der Waals surface area (Å²) in [5, 5.41) is 0.553. The van der Waals surface area contributed by atoms with E-state index in [4.69, 9.17) is 16.3 Å². The van der Waals surface area contributed by atoms with Crippen LogP contribution in [-0.2, 0) is 0 Å². The molecule has 68 valence electrons. The van der Waals surface area contributed by atoms with Crippen molar-refractivity contribution in [3.8, 4) is 5.75 Å². The second kappa shape index (κ2) is 3.31. The summed E-state index contributed by atoms with van der Waals surface area (Å²) >= 11 is 9.00. The smallest absolute Gasteiger partial charge is 0.183 e. The fraction of sp³-hybridized carbons (Fsp3) is 0.222. The predicted molar refractivity (Wildman–Crippen MR) is 54.0 cm³/mol. The number of carbonyl (C=O) groups excluding carboxylic acids is 1. The van der Waals surface area contributed by atoms with Crippen LogP contribution < -0.4 is 4.74 Å². The molecular formula is C9H6BrClO2. The Morgan fingerprint density at radius 3 is 3.08 bits per heavy atom. The highest BCUT2D eigenvalue weighted by molar-refractivity contribution is 9.10. The van der Waals surface area contributed by atoms with Gasteiger partial charge in [-0.25, -0.2) is 0 Å². The van der Waals surface area contributed by atoms with E-state index in [1.807, 2.05) is 0 Å². The van der Waals surface area contributed by atoms with E-state index in [0.29, 0.717) is 22.9 Å². The molecule has 0 bridgehead atoms. The summed E-state index contributed by atoms with van der Waals surface area (Å²) in [6, 6.07) is 5.06. The summed E-state index contributed by atoms with van der Waals surface area (Å²) in [5.41, 5.74) is 0.556. The molecule has 0 fully saturated rings. The number of benzene rings is 1. The second-order valence-corrected chi connectivity index (χ2v) is 4.33. The average molecular weight is 262 g/mol. The zero-order valence-corrected chi connectivity index (χ0v) is 8.93. The summed E-state index contributed by atoms with van der Waals surface area (Å²) in [6.07, 6.45) is 0. The monoisotopic (exact) mass is 260 g/mol. The Bertz CT molecular complexity index is 365. The molecule has 4 heteroatoms. The van der Waals surface area contributed by atoms with Crippen LogP contribution >= 0.6 is 27.5 Å². The van der Waals surface area contributed by atoms with Crippen molar-refractivity contribution >= 4 is 33.3 Å². The van der Waals surface area contributed by atoms with Crippen molar-refractivity contribution in [2.45, 2.75) is 4.83 Å². The molecule has 1 aromatic rings. The van der Waals surface area contributed by atoms with Gasteiger partial charge in [0.25, 0.3) is 0 Å². The maximum Gasteiger partial charge on any atom is 0.183 e. The molecule has 1 aliphatic heterocycles. The average Bonchev–Trinajstić information content (AvgIpc) is 2.12. The Hall–Kier alpha value is -0.540. The number of hydrogen-bond donors (Lipinski definition) is 0. The van der Waals surface area contributed by atoms with Gasteiger partial charge in [-0.15, -0.1) is 0 Å². The van der Waals surface area contributed by atoms with Gasteiger partial charge in [0, 0.05) is 5.02 Å². The van der Waals surface area contributed by atoms with Gasteiger partial charge in [0.2, 0.25) is 0 Å². The lowest BCUT2D eigenvalue weighted by atomic mass is 10.1. The fourth-order valence-electron chi connectivity index (χ4n) is 1.23. The van der Waals surface area contributed by atoms with E-state index in [1.165, 1.54) is 0 Å². The van der Waals surface area contributed by atoms with Crippen LogP contribution in [0.15, 0.2) is 18.2 Å². The number of fused-ring (bicyclic) bond motifs is 1. The zero-order valence-electron chi connectivity index (χ0n) is 6.59. The van der Waals surface area contributed by atoms with E-state index in [2.05, 4.69) is 15.9 Å². The van der Waals surface area contributed by atoms with E-state index in [0.717, 1.165) is 0 Å². The van der Waals surface area contributed by atoms with Crippen molar-refractivity contribution in [2.75, 3.05) is 6.61 Å². The molecule has 0 radical (unpaired) electrons. The first-order chi connectivity index (χ1) is 6.18. The largest absolute Gasteiger partial charge is 0.491 e. The van der Waals surface area contributed by atoms with Crippen molar-refractivity contribution in [1.29, 1.82) is 0 Å². The number of ether oxygens (including phenoxy) is 1. The summed E-state index contributed by atoms with van der Waals surface area (Å²) in [5.74, 6) is 0.647. The van der Waals surface area contributed by atoms with E-state index < -0.39 is 0 Å². The number of ketones is 1. The van der Waals surface area contributed by atoms with Gasteiger partial charge in [-0.05, 0) is 18.2 Å². The summed E-state index contributed by atoms with van der Waals surface area (Å²) in [7, 11) is 0. The first-order valence-corrected chi connectivity index (χ1v) is 5.08. The van der Waals surface area contributed by atoms with E-state index >= 15 is 0 Å². The quantitative estimate of drug-likeness (QED) is 0.671. The molecule has 1 aromatic carbocycles. The van der Waals surface area contributed by atoms with Crippen molar-refractivity contribution in [1.82, 2.24) is 0 Å². The molecule has 2 nitrogen and oxygen atoms in total. The van der Waals surface area contributed by atoms with Crippen molar-refractivity contribution in [3.63, 3.8) is 0 Å². The van der Waals surface area contributed by atoms with Gasteiger partial charge in [-0.1, -0.05) is 27.5 Å². The molecule has 0 saturated heterocycles. The van der Waals surface area contributed by atoms with Gasteiger partial charge in [-0.2, -0.15) is 0 Å². The molecule has 0 amide bonds. The van der Waals surface area contributed by atoms with Crippen molar-refractivity contribution in [2.24, 2.45) is 0 Å². The molecular weight excluding hydrogens is 255 g/mol. The lowest BCUT2D eigenvalue weighted by Crippen LogP contribution is -2.27. The van der Waals surface area contributed by atoms with Gasteiger partial charge in [0.1, 0.15) is 17.2 Å². The number of Topliss-reactive ketones (excluding diaryl/α,β-unsaturated/α-hetero) is 1. The highest BCUT2D eigenvalue weighted by Crippen LogP contribution is 2.29. The number of alkyl halides is 1. The van der Waals surface area contributed by atoms with Crippen LogP contribution in [0.25, 0.3) is 0 Å². The molecule has 0 N–H and O–H groups in total. The molecule has 1 atom stereocenters. The van der Waals surface area contributed by atoms with Crippen molar-refractivity contribution in [3.05, 3.63) is 28.8 Å². The Labute approximate surface area is 89.0 Å². The maximum atomic E-state index is 11.6. The van der Waals surface area contributed by atoms with Crippen molar-refractivity contribution < 1.29 is 9.53 Å². The standard InChI is InChI=1S/C9H6BrClO2/c10-7-4-13-8-2-1-5(11)3-6(8)9(7)12/h1-3,7H,4H2/t7-/m1/s1. The molecule has 0 saturated carbocycles. The first-order valence-electron chi connectivity index (χ1n) is 3.79. The number of halogens is 2. The van der Waals surface area contributed by atoms with Crippen LogP contribution in [0.1, 0.15) is 10.4 Å². The summed E-state index contributed by atoms with van der Waals surface area (Å²) < 4.78 is 5.33. The minimum atomic E-state index is -0.251. The topological polar surface area (TPSA) is 26.3 Å². The van der Waals surface area contributed by atoms with E-state index in [1.54, 1.807) is 18.2 Å². The third-order valence-corrected chi connectivity index (χ3v) is 2.79. The first kappa shape index (κ1) is 9.03. The van der Waals surface area contributed by atoms with Crippen LogP contribution in [0.5, 0.6) is 5.75 Å². The highest BCUT2D eigenvalue weighted by atomic mass is 79.9. The van der Waals surface area contributed by atoms with Gasteiger partial charge in [0.15, 0.2) is 5.78 Å². The van der Waals surface area contributed by atoms with Gasteiger partial charge in [0.05, 0.1) is 5.56 Å². The Kier molecular flexibility index (Phi) is 2.30. The molecule has 1 heterocycles. The number of hydrogen-bond acceptors (Lipinski definition) is 2. The molecule has 1 aliphatic rings. The lowest BCUT2D eigenvalue weighted by molar-refractivity contribution is 0.0946. The molecule has 2 rings (SSSR count). The molecule has 0 spiro atoms. The maximum absolute atomic E-state index is 11.6. The third-order valence-electron chi connectivity index (χ3n) is 1.88. The van der Waals surface area contributed by atoms with Crippen LogP contribution in [0.3, 0.4) is 0 Å². The molecule has 0 aliphatic carbocycles. The Morgan fingerprint density at radius 2 is 2.31 bits per heavy atom. The van der Waals surface area contributed by atoms with Crippen LogP contribution in [0.4, 0.5) is 0 Å². The SMILES string of the molecule is O=C1c2cc(Cl)ccc2OC[C@H]1Br. The normalized spacial score (nSPS) is 20.8. The van der Waals surface area contributed by atoms with Gasteiger partial charge < -0.3 is 4.74 Å². The second-order valence-electron chi connectivity index (χ2n) is 2.78. The minimum Gasteiger partial charge on any atom is -0.491 e. The molecule has 0 aromatic heterocycles. The van der Waals surface area contributed by atoms with E-state index in [-0.39, 0.29) is 10.6 Å². The highest BCUT2D eigenvalue weighted by Gasteiger charge is 2.26. The zero-order chi connectivity index (χ0) is 9.42. The third kappa shape index (κ3) is 1.58. The Morgan fingerprint density at radius 1 is 1.54 bits per heavy atom. The predicted octanol–water partition coefficient (Wildman–Crippen LogP) is 2.68. The fourth-order valence-corrected chi connectivity index (χ4v) is 1.78. The molecule has 13 heavy (non-hydrogen) atoms. The van der Waals surface area contributed by atoms with Crippen LogP contribution in [0.2, 0.25) is 5.02 Å². The summed E-state index contributed by atoms with van der Waals surface area (Å²) in [4.78, 5) is 11.3. The van der Waals surface area contributed by atoms with E-state index in [9.17, 15) is 4.79 Å². The lowest BCUT2D eigenvalue weighted by Gasteiger charge is -2.19. The minimum absolute atomic E-state index is 0.0313. The Balaban J connectivity index is 2.51. The van der Waals surface area contributed by atoms with Gasteiger partial charge in [-0.3, -0.25) is 4.79 Å².